The zero-order valence-electron chi connectivity index (χ0n) is 9.48. The Morgan fingerprint density at radius 2 is 2.33 bits per heavy atom. The van der Waals surface area contributed by atoms with Gasteiger partial charge in [0.15, 0.2) is 5.75 Å². The highest BCUT2D eigenvalue weighted by Gasteiger charge is 2.12. The van der Waals surface area contributed by atoms with Gasteiger partial charge in [-0.25, -0.2) is 0 Å². The fourth-order valence-corrected chi connectivity index (χ4v) is 2.67. The third-order valence-electron chi connectivity index (χ3n) is 2.16. The van der Waals surface area contributed by atoms with Crippen molar-refractivity contribution in [2.75, 3.05) is 5.73 Å². The van der Waals surface area contributed by atoms with Crippen molar-refractivity contribution in [2.24, 2.45) is 0 Å². The topological polar surface area (TPSA) is 84.8 Å². The molecule has 0 radical (unpaired) electrons. The molecule has 2 aromatic rings. The van der Waals surface area contributed by atoms with Crippen LogP contribution in [0.15, 0.2) is 12.1 Å². The number of benzene rings is 1. The molecule has 1 heterocycles. The summed E-state index contributed by atoms with van der Waals surface area (Å²) in [7, 11) is 0. The number of ether oxygens (including phenoxy) is 1. The van der Waals surface area contributed by atoms with Crippen molar-refractivity contribution in [2.45, 2.75) is 13.3 Å². The summed E-state index contributed by atoms with van der Waals surface area (Å²) in [6.07, 6.45) is 0.764. The standard InChI is InChI=1S/C11H9IN4OS/c1-2-9-15-11(18-16-9)17-10-7(12)3-6(5-13)4-8(10)14/h3-4H,2,14H2,1H3. The molecule has 0 atom stereocenters. The van der Waals surface area contributed by atoms with Crippen molar-refractivity contribution >= 4 is 39.8 Å². The number of rotatable bonds is 3. The predicted octanol–water partition coefficient (Wildman–Crippen LogP) is 2.95. The van der Waals surface area contributed by atoms with Crippen LogP contribution in [0, 0.1) is 14.9 Å². The van der Waals surface area contributed by atoms with Gasteiger partial charge in [0.05, 0.1) is 20.9 Å². The maximum Gasteiger partial charge on any atom is 0.298 e. The minimum Gasteiger partial charge on any atom is -0.426 e. The first-order chi connectivity index (χ1) is 8.63. The highest BCUT2D eigenvalue weighted by molar-refractivity contribution is 14.1. The van der Waals surface area contributed by atoms with Gasteiger partial charge >= 0.3 is 0 Å². The second-order valence-corrected chi connectivity index (χ2v) is 5.30. The van der Waals surface area contributed by atoms with Crippen LogP contribution in [0.25, 0.3) is 0 Å². The quantitative estimate of drug-likeness (QED) is 0.662. The highest BCUT2D eigenvalue weighted by atomic mass is 127. The summed E-state index contributed by atoms with van der Waals surface area (Å²) in [5, 5.41) is 9.29. The van der Waals surface area contributed by atoms with Crippen LogP contribution in [0.3, 0.4) is 0 Å². The lowest BCUT2D eigenvalue weighted by Gasteiger charge is -2.07. The van der Waals surface area contributed by atoms with E-state index in [0.717, 1.165) is 15.8 Å². The fraction of sp³-hybridized carbons (Fsp3) is 0.182. The van der Waals surface area contributed by atoms with Gasteiger partial charge in [-0.1, -0.05) is 6.92 Å². The summed E-state index contributed by atoms with van der Waals surface area (Å²) in [6.45, 7) is 1.98. The van der Waals surface area contributed by atoms with E-state index >= 15 is 0 Å². The number of aryl methyl sites for hydroxylation is 1. The van der Waals surface area contributed by atoms with Crippen LogP contribution in [-0.4, -0.2) is 9.36 Å². The molecule has 2 N–H and O–H groups in total. The highest BCUT2D eigenvalue weighted by Crippen LogP contribution is 2.34. The third-order valence-corrected chi connectivity index (χ3v) is 3.59. The zero-order valence-corrected chi connectivity index (χ0v) is 12.4. The van der Waals surface area contributed by atoms with E-state index in [1.165, 1.54) is 11.5 Å². The van der Waals surface area contributed by atoms with Gasteiger partial charge in [-0.15, -0.1) is 0 Å². The Hall–Kier alpha value is -1.40. The number of nitrogens with zero attached hydrogens (tertiary/aromatic N) is 3. The Morgan fingerprint density at radius 1 is 1.56 bits per heavy atom. The number of hydrogen-bond donors (Lipinski definition) is 1. The third kappa shape index (κ3) is 2.70. The molecule has 1 aromatic heterocycles. The molecule has 0 amide bonds. The van der Waals surface area contributed by atoms with Gasteiger partial charge in [0.2, 0.25) is 0 Å². The van der Waals surface area contributed by atoms with Crippen molar-refractivity contribution in [1.82, 2.24) is 9.36 Å². The molecule has 0 aliphatic carbocycles. The predicted molar refractivity (Wildman–Crippen MR) is 77.6 cm³/mol. The van der Waals surface area contributed by atoms with Crippen LogP contribution in [0.2, 0.25) is 0 Å². The molecular weight excluding hydrogens is 363 g/mol. The van der Waals surface area contributed by atoms with Crippen LogP contribution in [-0.2, 0) is 6.42 Å². The van der Waals surface area contributed by atoms with Crippen LogP contribution in [0.1, 0.15) is 18.3 Å². The number of anilines is 1. The molecule has 0 bridgehead atoms. The monoisotopic (exact) mass is 372 g/mol. The largest absolute Gasteiger partial charge is 0.426 e. The van der Waals surface area contributed by atoms with E-state index in [1.54, 1.807) is 12.1 Å². The van der Waals surface area contributed by atoms with Gasteiger partial charge in [0.1, 0.15) is 5.82 Å². The molecule has 0 unspecified atom stereocenters. The summed E-state index contributed by atoms with van der Waals surface area (Å²) in [6, 6.07) is 5.35. The number of nitriles is 1. The molecule has 0 aliphatic heterocycles. The van der Waals surface area contributed by atoms with Crippen LogP contribution in [0.5, 0.6) is 10.9 Å². The minimum absolute atomic E-state index is 0.423. The molecule has 0 saturated carbocycles. The minimum atomic E-state index is 0.423. The zero-order chi connectivity index (χ0) is 13.1. The van der Waals surface area contributed by atoms with Crippen LogP contribution in [0.4, 0.5) is 5.69 Å². The molecule has 5 nitrogen and oxygen atoms in total. The molecule has 0 spiro atoms. The Kier molecular flexibility index (Phi) is 3.98. The first-order valence-corrected chi connectivity index (χ1v) is 6.98. The maximum absolute atomic E-state index is 8.83. The second-order valence-electron chi connectivity index (χ2n) is 3.42. The van der Waals surface area contributed by atoms with E-state index in [0.29, 0.717) is 22.2 Å². The molecule has 0 fully saturated rings. The maximum atomic E-state index is 8.83. The van der Waals surface area contributed by atoms with E-state index in [9.17, 15) is 0 Å². The normalized spacial score (nSPS) is 10.1. The Balaban J connectivity index is 2.32. The van der Waals surface area contributed by atoms with Gasteiger partial charge in [0, 0.05) is 18.0 Å². The van der Waals surface area contributed by atoms with Gasteiger partial charge in [-0.05, 0) is 34.7 Å². The van der Waals surface area contributed by atoms with Crippen molar-refractivity contribution in [3.05, 3.63) is 27.1 Å². The van der Waals surface area contributed by atoms with Crippen LogP contribution < -0.4 is 10.5 Å². The van der Waals surface area contributed by atoms with Gasteiger partial charge in [-0.2, -0.15) is 14.6 Å². The summed E-state index contributed by atoms with van der Waals surface area (Å²) in [5.74, 6) is 1.27. The molecule has 0 saturated heterocycles. The Labute approximate surface area is 122 Å². The van der Waals surface area contributed by atoms with E-state index in [4.69, 9.17) is 15.7 Å². The van der Waals surface area contributed by atoms with Gasteiger partial charge < -0.3 is 10.5 Å². The first-order valence-electron chi connectivity index (χ1n) is 5.13. The van der Waals surface area contributed by atoms with Crippen molar-refractivity contribution in [3.8, 4) is 17.0 Å². The second kappa shape index (κ2) is 5.49. The molecule has 2 rings (SSSR count). The van der Waals surface area contributed by atoms with E-state index in [-0.39, 0.29) is 0 Å². The SMILES string of the molecule is CCc1nsc(Oc2c(N)cc(C#N)cc2I)n1. The van der Waals surface area contributed by atoms with Crippen molar-refractivity contribution < 1.29 is 4.74 Å². The number of nitrogens with two attached hydrogens (primary N) is 1. The van der Waals surface area contributed by atoms with Crippen molar-refractivity contribution in [3.63, 3.8) is 0 Å². The lowest BCUT2D eigenvalue weighted by molar-refractivity contribution is 0.476. The number of halogens is 1. The Bertz CT molecular complexity index is 597. The lowest BCUT2D eigenvalue weighted by atomic mass is 10.2. The summed E-state index contributed by atoms with van der Waals surface area (Å²) < 4.78 is 10.5. The van der Waals surface area contributed by atoms with Crippen LogP contribution >= 0.6 is 34.1 Å². The molecular formula is C11H9IN4OS. The van der Waals surface area contributed by atoms with Gasteiger partial charge in [-0.3, -0.25) is 0 Å². The van der Waals surface area contributed by atoms with Gasteiger partial charge in [0.25, 0.3) is 5.19 Å². The average molecular weight is 372 g/mol. The summed E-state index contributed by atoms with van der Waals surface area (Å²) in [4.78, 5) is 4.21. The number of nitrogen functional groups attached to an aromatic ring is 1. The first kappa shape index (κ1) is 13.0. The summed E-state index contributed by atoms with van der Waals surface area (Å²) in [5.41, 5.74) is 6.79. The lowest BCUT2D eigenvalue weighted by Crippen LogP contribution is -1.96. The smallest absolute Gasteiger partial charge is 0.298 e. The fourth-order valence-electron chi connectivity index (χ4n) is 1.30. The number of hydrogen-bond acceptors (Lipinski definition) is 6. The molecule has 1 aromatic carbocycles. The molecule has 0 aliphatic rings. The molecule has 18 heavy (non-hydrogen) atoms. The average Bonchev–Trinajstić information content (AvgIpc) is 2.81. The molecule has 92 valence electrons. The van der Waals surface area contributed by atoms with E-state index in [2.05, 4.69) is 31.9 Å². The van der Waals surface area contributed by atoms with E-state index < -0.39 is 0 Å². The van der Waals surface area contributed by atoms with E-state index in [1.807, 2.05) is 13.0 Å². The molecule has 7 heteroatoms. The Morgan fingerprint density at radius 3 is 2.89 bits per heavy atom. The van der Waals surface area contributed by atoms with Crippen molar-refractivity contribution in [1.29, 1.82) is 5.26 Å². The number of aromatic nitrogens is 2. The summed E-state index contributed by atoms with van der Waals surface area (Å²) >= 11 is 3.27.